The van der Waals surface area contributed by atoms with Crippen molar-refractivity contribution >= 4 is 43.5 Å². The second-order valence-electron chi connectivity index (χ2n) is 11.0. The monoisotopic (exact) mass is 639 g/mol. The number of hydrogen-bond donors (Lipinski definition) is 1. The van der Waals surface area contributed by atoms with Crippen molar-refractivity contribution in [1.29, 1.82) is 0 Å². The molecule has 2 amide bonds. The molecule has 1 aliphatic rings. The minimum Gasteiger partial charge on any atom is -0.352 e. The van der Waals surface area contributed by atoms with E-state index >= 15 is 0 Å². The van der Waals surface area contributed by atoms with Crippen LogP contribution in [0, 0.1) is 13.8 Å². The smallest absolute Gasteiger partial charge is 0.244 e. The van der Waals surface area contributed by atoms with E-state index in [9.17, 15) is 18.0 Å². The number of nitrogens with zero attached hydrogens (tertiary/aromatic N) is 2. The average Bonchev–Trinajstić information content (AvgIpc) is 3.41. The lowest BCUT2D eigenvalue weighted by Crippen LogP contribution is -2.54. The fraction of sp³-hybridized carbons (Fsp3) is 0.375. The Morgan fingerprint density at radius 3 is 2.17 bits per heavy atom. The standard InChI is InChI=1S/C32H38BrN3O4S/c1-23-16-24(2)18-29(17-23)36(41(3,39)40)22-31(37)35(21-26-12-9-13-27(33)19-26)30(20-25-10-5-4-6-11-25)32(38)34-28-14-7-8-15-28/h4-6,9-13,16-19,28,30H,7-8,14-15,20-22H2,1-3H3,(H,34,38)/t30-/m1/s1. The highest BCUT2D eigenvalue weighted by Crippen LogP contribution is 2.24. The van der Waals surface area contributed by atoms with E-state index in [-0.39, 0.29) is 18.5 Å². The molecule has 4 rings (SSSR count). The molecule has 1 aliphatic carbocycles. The van der Waals surface area contributed by atoms with Crippen LogP contribution in [0.4, 0.5) is 5.69 Å². The molecule has 9 heteroatoms. The molecule has 3 aromatic rings. The molecule has 7 nitrogen and oxygen atoms in total. The number of hydrogen-bond acceptors (Lipinski definition) is 4. The van der Waals surface area contributed by atoms with Crippen LogP contribution in [-0.2, 0) is 32.6 Å². The summed E-state index contributed by atoms with van der Waals surface area (Å²) in [6.45, 7) is 3.51. The van der Waals surface area contributed by atoms with Gasteiger partial charge in [-0.3, -0.25) is 13.9 Å². The first-order chi connectivity index (χ1) is 19.5. The second kappa shape index (κ2) is 13.7. The third-order valence-corrected chi connectivity index (χ3v) is 9.02. The van der Waals surface area contributed by atoms with Crippen molar-refractivity contribution in [2.24, 2.45) is 0 Å². The summed E-state index contributed by atoms with van der Waals surface area (Å²) in [5.74, 6) is -0.668. The van der Waals surface area contributed by atoms with Gasteiger partial charge in [0.2, 0.25) is 21.8 Å². The lowest BCUT2D eigenvalue weighted by atomic mass is 10.0. The molecular weight excluding hydrogens is 602 g/mol. The largest absolute Gasteiger partial charge is 0.352 e. The summed E-state index contributed by atoms with van der Waals surface area (Å²) >= 11 is 3.51. The van der Waals surface area contributed by atoms with Gasteiger partial charge in [-0.1, -0.05) is 77.3 Å². The number of aryl methyl sites for hydroxylation is 2. The molecular formula is C32H38BrN3O4S. The van der Waals surface area contributed by atoms with Gasteiger partial charge in [-0.15, -0.1) is 0 Å². The van der Waals surface area contributed by atoms with Gasteiger partial charge in [0.05, 0.1) is 11.9 Å². The van der Waals surface area contributed by atoms with Crippen LogP contribution in [0.1, 0.15) is 47.9 Å². The average molecular weight is 641 g/mol. The van der Waals surface area contributed by atoms with Crippen LogP contribution >= 0.6 is 15.9 Å². The number of carbonyl (C=O) groups is 2. The van der Waals surface area contributed by atoms with E-state index in [0.29, 0.717) is 12.1 Å². The van der Waals surface area contributed by atoms with Crippen molar-refractivity contribution < 1.29 is 18.0 Å². The van der Waals surface area contributed by atoms with Crippen molar-refractivity contribution in [2.75, 3.05) is 17.1 Å². The highest BCUT2D eigenvalue weighted by molar-refractivity contribution is 9.10. The van der Waals surface area contributed by atoms with Gasteiger partial charge in [-0.25, -0.2) is 8.42 Å². The van der Waals surface area contributed by atoms with Crippen molar-refractivity contribution in [3.05, 3.63) is 99.5 Å². The van der Waals surface area contributed by atoms with Crippen LogP contribution in [0.5, 0.6) is 0 Å². The first kappa shape index (κ1) is 30.8. The first-order valence-corrected chi connectivity index (χ1v) is 16.6. The highest BCUT2D eigenvalue weighted by atomic mass is 79.9. The summed E-state index contributed by atoms with van der Waals surface area (Å²) in [7, 11) is -3.81. The summed E-state index contributed by atoms with van der Waals surface area (Å²) in [4.78, 5) is 29.7. The van der Waals surface area contributed by atoms with Gasteiger partial charge >= 0.3 is 0 Å². The van der Waals surface area contributed by atoms with Crippen LogP contribution in [0.25, 0.3) is 0 Å². The molecule has 3 aromatic carbocycles. The number of nitrogens with one attached hydrogen (secondary N) is 1. The Balaban J connectivity index is 1.74. The molecule has 0 heterocycles. The maximum Gasteiger partial charge on any atom is 0.244 e. The van der Waals surface area contributed by atoms with E-state index in [1.807, 2.05) is 74.5 Å². The fourth-order valence-corrected chi connectivity index (χ4v) is 6.74. The van der Waals surface area contributed by atoms with Crippen molar-refractivity contribution in [3.63, 3.8) is 0 Å². The molecule has 0 bridgehead atoms. The number of anilines is 1. The lowest BCUT2D eigenvalue weighted by molar-refractivity contribution is -0.140. The Hall–Kier alpha value is -3.17. The molecule has 41 heavy (non-hydrogen) atoms. The van der Waals surface area contributed by atoms with Gasteiger partial charge in [0, 0.05) is 23.5 Å². The van der Waals surface area contributed by atoms with Crippen LogP contribution in [0.15, 0.2) is 77.3 Å². The Morgan fingerprint density at radius 1 is 0.927 bits per heavy atom. The number of amides is 2. The van der Waals surface area contributed by atoms with E-state index < -0.39 is 28.5 Å². The van der Waals surface area contributed by atoms with Crippen molar-refractivity contribution in [1.82, 2.24) is 10.2 Å². The molecule has 0 aromatic heterocycles. The van der Waals surface area contributed by atoms with Gasteiger partial charge in [-0.05, 0) is 73.2 Å². The van der Waals surface area contributed by atoms with E-state index in [1.165, 1.54) is 0 Å². The third-order valence-electron chi connectivity index (χ3n) is 7.39. The first-order valence-electron chi connectivity index (χ1n) is 13.9. The summed E-state index contributed by atoms with van der Waals surface area (Å²) in [5.41, 5.74) is 3.96. The summed E-state index contributed by atoms with van der Waals surface area (Å²) in [6.07, 6.45) is 5.37. The number of carbonyl (C=O) groups excluding carboxylic acids is 2. The molecule has 1 saturated carbocycles. The molecule has 0 radical (unpaired) electrons. The van der Waals surface area contributed by atoms with Crippen LogP contribution in [0.3, 0.4) is 0 Å². The van der Waals surface area contributed by atoms with Gasteiger partial charge in [0.25, 0.3) is 0 Å². The predicted octanol–water partition coefficient (Wildman–Crippen LogP) is 5.53. The third kappa shape index (κ3) is 8.66. The lowest BCUT2D eigenvalue weighted by Gasteiger charge is -2.34. The Bertz CT molecular complexity index is 1450. The number of sulfonamides is 1. The molecule has 218 valence electrons. The minimum atomic E-state index is -3.81. The highest BCUT2D eigenvalue weighted by Gasteiger charge is 2.34. The summed E-state index contributed by atoms with van der Waals surface area (Å²) in [5, 5.41) is 3.19. The zero-order chi connectivity index (χ0) is 29.6. The van der Waals surface area contributed by atoms with Crippen molar-refractivity contribution in [2.45, 2.75) is 64.6 Å². The van der Waals surface area contributed by atoms with Crippen molar-refractivity contribution in [3.8, 4) is 0 Å². The van der Waals surface area contributed by atoms with E-state index in [4.69, 9.17) is 0 Å². The minimum absolute atomic E-state index is 0.0754. The fourth-order valence-electron chi connectivity index (χ4n) is 5.46. The van der Waals surface area contributed by atoms with E-state index in [1.54, 1.807) is 17.0 Å². The normalized spacial score (nSPS) is 14.4. The molecule has 0 unspecified atom stereocenters. The summed E-state index contributed by atoms with van der Waals surface area (Å²) < 4.78 is 28.0. The number of halogens is 1. The Morgan fingerprint density at radius 2 is 1.56 bits per heavy atom. The van der Waals surface area contributed by atoms with Crippen LogP contribution < -0.4 is 9.62 Å². The number of rotatable bonds is 11. The second-order valence-corrected chi connectivity index (χ2v) is 13.8. The Labute approximate surface area is 252 Å². The van der Waals surface area contributed by atoms with E-state index in [2.05, 4.69) is 21.2 Å². The van der Waals surface area contributed by atoms with E-state index in [0.717, 1.165) is 63.0 Å². The summed E-state index contributed by atoms with van der Waals surface area (Å²) in [6, 6.07) is 21.9. The topological polar surface area (TPSA) is 86.8 Å². The zero-order valence-electron chi connectivity index (χ0n) is 23.8. The zero-order valence-corrected chi connectivity index (χ0v) is 26.2. The van der Waals surface area contributed by atoms with Gasteiger partial charge in [0.15, 0.2) is 0 Å². The molecule has 1 fully saturated rings. The molecule has 0 saturated heterocycles. The van der Waals surface area contributed by atoms with Gasteiger partial charge in [-0.2, -0.15) is 0 Å². The number of benzene rings is 3. The molecule has 1 N–H and O–H groups in total. The quantitative estimate of drug-likeness (QED) is 0.299. The predicted molar refractivity (Wildman–Crippen MR) is 167 cm³/mol. The molecule has 0 aliphatic heterocycles. The van der Waals surface area contributed by atoms with Gasteiger partial charge < -0.3 is 10.2 Å². The van der Waals surface area contributed by atoms with Gasteiger partial charge in [0.1, 0.15) is 12.6 Å². The molecule has 0 spiro atoms. The van der Waals surface area contributed by atoms with Crippen LogP contribution in [0.2, 0.25) is 0 Å². The molecule has 1 atom stereocenters. The maximum absolute atomic E-state index is 14.2. The van der Waals surface area contributed by atoms with Crippen LogP contribution in [-0.4, -0.2) is 50.0 Å². The SMILES string of the molecule is Cc1cc(C)cc(N(CC(=O)N(Cc2cccc(Br)c2)[C@H](Cc2ccccc2)C(=O)NC2CCCC2)S(C)(=O)=O)c1. The Kier molecular flexibility index (Phi) is 10.3. The maximum atomic E-state index is 14.2.